The summed E-state index contributed by atoms with van der Waals surface area (Å²) >= 11 is 0. The highest BCUT2D eigenvalue weighted by atomic mass is 127. The van der Waals surface area contributed by atoms with E-state index in [2.05, 4.69) is 72.4 Å². The summed E-state index contributed by atoms with van der Waals surface area (Å²) in [6.07, 6.45) is 1.09. The summed E-state index contributed by atoms with van der Waals surface area (Å²) in [7, 11) is 0. The number of nitrogens with one attached hydrogen (secondary N) is 2. The molecule has 0 bridgehead atoms. The second-order valence-corrected chi connectivity index (χ2v) is 7.18. The third-order valence-corrected chi connectivity index (χ3v) is 5.10. The smallest absolute Gasteiger partial charge is 0.191 e. The summed E-state index contributed by atoms with van der Waals surface area (Å²) in [4.78, 5) is 9.79. The third-order valence-electron chi connectivity index (χ3n) is 5.10. The Morgan fingerprint density at radius 1 is 1.00 bits per heavy atom. The predicted octanol–water partition coefficient (Wildman–Crippen LogP) is 3.30. The number of halogens is 1. The zero-order valence-corrected chi connectivity index (χ0v) is 19.8. The molecule has 0 spiro atoms. The van der Waals surface area contributed by atoms with Crippen molar-refractivity contribution in [3.05, 3.63) is 35.4 Å². The highest BCUT2D eigenvalue weighted by molar-refractivity contribution is 14.0. The first-order valence-corrected chi connectivity index (χ1v) is 10.2. The number of aliphatic imine (C=N–C) groups is 1. The molecule has 1 aliphatic heterocycles. The number of piperazine rings is 1. The quantitative estimate of drug-likeness (QED) is 0.336. The van der Waals surface area contributed by atoms with Crippen LogP contribution in [-0.4, -0.2) is 61.1 Å². The standard InChI is InChI=1S/C21H37N5.HI/c1-5-18(4)24-21(22-6-2)23-16-19-8-10-20(11-9-19)17-26-14-12-25(7-3)13-15-26;/h8-11,18H,5-7,12-17H2,1-4H3,(H2,22,23,24);1H. The largest absolute Gasteiger partial charge is 0.357 e. The molecule has 1 aromatic rings. The molecule has 27 heavy (non-hydrogen) atoms. The predicted molar refractivity (Wildman–Crippen MR) is 127 cm³/mol. The topological polar surface area (TPSA) is 42.9 Å². The Morgan fingerprint density at radius 2 is 1.59 bits per heavy atom. The summed E-state index contributed by atoms with van der Waals surface area (Å²) in [6, 6.07) is 9.38. The van der Waals surface area contributed by atoms with Crippen molar-refractivity contribution in [3.8, 4) is 0 Å². The van der Waals surface area contributed by atoms with Crippen LogP contribution in [0, 0.1) is 0 Å². The first kappa shape index (κ1) is 24.2. The van der Waals surface area contributed by atoms with Crippen LogP contribution in [0.15, 0.2) is 29.3 Å². The maximum absolute atomic E-state index is 4.71. The zero-order valence-electron chi connectivity index (χ0n) is 17.5. The van der Waals surface area contributed by atoms with Gasteiger partial charge in [-0.1, -0.05) is 38.1 Å². The second kappa shape index (κ2) is 13.3. The fourth-order valence-corrected chi connectivity index (χ4v) is 3.10. The van der Waals surface area contributed by atoms with E-state index in [1.807, 2.05) is 0 Å². The van der Waals surface area contributed by atoms with Gasteiger partial charge in [-0.2, -0.15) is 0 Å². The van der Waals surface area contributed by atoms with Gasteiger partial charge in [-0.15, -0.1) is 24.0 Å². The minimum absolute atomic E-state index is 0. The molecular formula is C21H38IN5. The number of nitrogens with zero attached hydrogens (tertiary/aromatic N) is 3. The Labute approximate surface area is 183 Å². The van der Waals surface area contributed by atoms with Crippen LogP contribution in [-0.2, 0) is 13.1 Å². The van der Waals surface area contributed by atoms with Gasteiger partial charge in [-0.05, 0) is 37.9 Å². The van der Waals surface area contributed by atoms with Gasteiger partial charge in [0.25, 0.3) is 0 Å². The van der Waals surface area contributed by atoms with E-state index in [4.69, 9.17) is 4.99 Å². The highest BCUT2D eigenvalue weighted by Crippen LogP contribution is 2.11. The van der Waals surface area contributed by atoms with E-state index in [-0.39, 0.29) is 24.0 Å². The summed E-state index contributed by atoms with van der Waals surface area (Å²) in [5.74, 6) is 0.903. The van der Waals surface area contributed by atoms with E-state index in [9.17, 15) is 0 Å². The molecule has 0 aliphatic carbocycles. The van der Waals surface area contributed by atoms with Crippen LogP contribution in [0.5, 0.6) is 0 Å². The lowest BCUT2D eigenvalue weighted by atomic mass is 10.1. The molecule has 0 radical (unpaired) electrons. The Kier molecular flexibility index (Phi) is 11.9. The molecule has 0 saturated carbocycles. The van der Waals surface area contributed by atoms with Crippen molar-refractivity contribution in [2.45, 2.75) is 53.2 Å². The van der Waals surface area contributed by atoms with Gasteiger partial charge in [-0.25, -0.2) is 4.99 Å². The summed E-state index contributed by atoms with van der Waals surface area (Å²) in [5.41, 5.74) is 2.65. The first-order chi connectivity index (χ1) is 12.6. The van der Waals surface area contributed by atoms with Crippen molar-refractivity contribution in [1.82, 2.24) is 20.4 Å². The monoisotopic (exact) mass is 487 g/mol. The normalized spacial score (nSPS) is 17.3. The molecule has 5 nitrogen and oxygen atoms in total. The molecule has 0 amide bonds. The lowest BCUT2D eigenvalue weighted by Gasteiger charge is -2.34. The molecule has 2 N–H and O–H groups in total. The maximum atomic E-state index is 4.71. The number of hydrogen-bond donors (Lipinski definition) is 2. The van der Waals surface area contributed by atoms with E-state index in [1.54, 1.807) is 0 Å². The van der Waals surface area contributed by atoms with Gasteiger partial charge in [0, 0.05) is 45.3 Å². The molecule has 0 aromatic heterocycles. The minimum Gasteiger partial charge on any atom is -0.357 e. The van der Waals surface area contributed by atoms with E-state index >= 15 is 0 Å². The number of guanidine groups is 1. The fourth-order valence-electron chi connectivity index (χ4n) is 3.10. The molecule has 2 rings (SSSR count). The van der Waals surface area contributed by atoms with Crippen LogP contribution in [0.4, 0.5) is 0 Å². The summed E-state index contributed by atoms with van der Waals surface area (Å²) in [5, 5.41) is 6.76. The molecule has 6 heteroatoms. The van der Waals surface area contributed by atoms with Gasteiger partial charge in [0.15, 0.2) is 5.96 Å². The maximum Gasteiger partial charge on any atom is 0.191 e. The number of rotatable bonds is 8. The van der Waals surface area contributed by atoms with Gasteiger partial charge in [0.1, 0.15) is 0 Å². The Bertz CT molecular complexity index is 538. The summed E-state index contributed by atoms with van der Waals surface area (Å²) < 4.78 is 0. The molecule has 1 saturated heterocycles. The van der Waals surface area contributed by atoms with Crippen molar-refractivity contribution in [1.29, 1.82) is 0 Å². The van der Waals surface area contributed by atoms with Crippen LogP contribution in [0.25, 0.3) is 0 Å². The molecule has 1 aliphatic rings. The first-order valence-electron chi connectivity index (χ1n) is 10.2. The van der Waals surface area contributed by atoms with Gasteiger partial charge >= 0.3 is 0 Å². The van der Waals surface area contributed by atoms with Crippen LogP contribution in [0.1, 0.15) is 45.2 Å². The lowest BCUT2D eigenvalue weighted by Crippen LogP contribution is -2.45. The second-order valence-electron chi connectivity index (χ2n) is 7.18. The third kappa shape index (κ3) is 8.79. The van der Waals surface area contributed by atoms with Crippen molar-refractivity contribution in [3.63, 3.8) is 0 Å². The minimum atomic E-state index is 0. The van der Waals surface area contributed by atoms with Crippen molar-refractivity contribution in [2.75, 3.05) is 39.3 Å². The van der Waals surface area contributed by atoms with E-state index in [1.165, 1.54) is 43.9 Å². The average molecular weight is 487 g/mol. The SMILES string of the molecule is CCNC(=NCc1ccc(CN2CCN(CC)CC2)cc1)NC(C)CC.I. The zero-order chi connectivity index (χ0) is 18.8. The Morgan fingerprint density at radius 3 is 2.15 bits per heavy atom. The summed E-state index contributed by atoms with van der Waals surface area (Å²) in [6.45, 7) is 17.3. The van der Waals surface area contributed by atoms with Gasteiger partial charge in [0.05, 0.1) is 6.54 Å². The van der Waals surface area contributed by atoms with Crippen molar-refractivity contribution >= 4 is 29.9 Å². The Balaban J connectivity index is 0.00000364. The lowest BCUT2D eigenvalue weighted by molar-refractivity contribution is 0.132. The highest BCUT2D eigenvalue weighted by Gasteiger charge is 2.15. The van der Waals surface area contributed by atoms with E-state index < -0.39 is 0 Å². The van der Waals surface area contributed by atoms with Gasteiger partial charge in [-0.3, -0.25) is 4.90 Å². The van der Waals surface area contributed by atoms with Crippen LogP contribution < -0.4 is 10.6 Å². The molecular weight excluding hydrogens is 449 g/mol. The van der Waals surface area contributed by atoms with Crippen molar-refractivity contribution < 1.29 is 0 Å². The molecule has 1 fully saturated rings. The molecule has 1 aromatic carbocycles. The van der Waals surface area contributed by atoms with E-state index in [0.29, 0.717) is 12.6 Å². The number of likely N-dealkylation sites (N-methyl/N-ethyl adjacent to an activating group) is 1. The Hall–Kier alpha value is -0.860. The van der Waals surface area contributed by atoms with Crippen LogP contribution in [0.2, 0.25) is 0 Å². The number of hydrogen-bond acceptors (Lipinski definition) is 3. The molecule has 154 valence electrons. The molecule has 1 atom stereocenters. The van der Waals surface area contributed by atoms with Gasteiger partial charge < -0.3 is 15.5 Å². The number of benzene rings is 1. The van der Waals surface area contributed by atoms with Crippen LogP contribution in [0.3, 0.4) is 0 Å². The van der Waals surface area contributed by atoms with Crippen molar-refractivity contribution in [2.24, 2.45) is 4.99 Å². The molecule has 1 heterocycles. The average Bonchev–Trinajstić information content (AvgIpc) is 2.68. The molecule has 1 unspecified atom stereocenters. The van der Waals surface area contributed by atoms with Crippen LogP contribution >= 0.6 is 24.0 Å². The van der Waals surface area contributed by atoms with E-state index in [0.717, 1.165) is 25.5 Å². The fraction of sp³-hybridized carbons (Fsp3) is 0.667. The van der Waals surface area contributed by atoms with Gasteiger partial charge in [0.2, 0.25) is 0 Å².